The van der Waals surface area contributed by atoms with Crippen molar-refractivity contribution in [3.63, 3.8) is 0 Å². The number of unbranched alkanes of at least 4 members (excludes halogenated alkanes) is 1. The summed E-state index contributed by atoms with van der Waals surface area (Å²) in [7, 11) is 1.50. The number of hydrogen-bond acceptors (Lipinski definition) is 6. The summed E-state index contributed by atoms with van der Waals surface area (Å²) in [5.41, 5.74) is -2.75. The summed E-state index contributed by atoms with van der Waals surface area (Å²) < 4.78 is 48.7. The second kappa shape index (κ2) is 9.71. The van der Waals surface area contributed by atoms with Crippen molar-refractivity contribution < 1.29 is 27.8 Å². The Labute approximate surface area is 196 Å². The van der Waals surface area contributed by atoms with E-state index < -0.39 is 28.8 Å². The molecule has 0 radical (unpaired) electrons. The van der Waals surface area contributed by atoms with Crippen LogP contribution in [0.1, 0.15) is 49.5 Å². The van der Waals surface area contributed by atoms with Gasteiger partial charge in [0.2, 0.25) is 0 Å². The molecule has 0 atom stereocenters. The monoisotopic (exact) mass is 498 g/mol. The molecule has 1 N–H and O–H groups in total. The van der Waals surface area contributed by atoms with Gasteiger partial charge in [0.1, 0.15) is 17.9 Å². The van der Waals surface area contributed by atoms with Crippen LogP contribution in [0.5, 0.6) is 5.75 Å². The van der Waals surface area contributed by atoms with Gasteiger partial charge in [-0.3, -0.25) is 9.59 Å². The van der Waals surface area contributed by atoms with Crippen molar-refractivity contribution in [1.29, 1.82) is 0 Å². The number of hydrogen-bond donors (Lipinski definition) is 1. The number of carbonyl (C=O) groups excluding carboxylic acids is 1. The van der Waals surface area contributed by atoms with Crippen LogP contribution in [0, 0.1) is 0 Å². The Morgan fingerprint density at radius 3 is 2.62 bits per heavy atom. The van der Waals surface area contributed by atoms with Crippen LogP contribution in [0.3, 0.4) is 0 Å². The average molecular weight is 499 g/mol. The van der Waals surface area contributed by atoms with E-state index in [1.807, 2.05) is 6.92 Å². The zero-order valence-electron chi connectivity index (χ0n) is 19.1. The number of ether oxygens (including phenoxy) is 1. The molecular formula is C22H25F3N4O4S. The maximum atomic E-state index is 13.3. The number of thiazole rings is 1. The molecule has 0 bridgehead atoms. The molecule has 0 aliphatic rings. The largest absolute Gasteiger partial charge is 0.490 e. The molecule has 0 fully saturated rings. The number of aliphatic hydroxyl groups is 1. The number of alkyl halides is 3. The number of fused-ring (bicyclic) bond motifs is 1. The second-order valence-corrected chi connectivity index (χ2v) is 9.41. The molecule has 0 spiro atoms. The van der Waals surface area contributed by atoms with Gasteiger partial charge in [0.15, 0.2) is 4.80 Å². The molecule has 3 aromatic rings. The number of halogens is 3. The van der Waals surface area contributed by atoms with Crippen molar-refractivity contribution in [2.75, 3.05) is 6.61 Å². The molecule has 8 nitrogen and oxygen atoms in total. The van der Waals surface area contributed by atoms with Gasteiger partial charge < -0.3 is 14.4 Å². The van der Waals surface area contributed by atoms with Crippen LogP contribution in [0.4, 0.5) is 13.2 Å². The topological polar surface area (TPSA) is 98.7 Å². The first-order valence-electron chi connectivity index (χ1n) is 10.5. The molecule has 12 heteroatoms. The van der Waals surface area contributed by atoms with E-state index in [9.17, 15) is 27.9 Å². The first-order valence-corrected chi connectivity index (χ1v) is 11.3. The van der Waals surface area contributed by atoms with Crippen LogP contribution in [0.15, 0.2) is 34.2 Å². The van der Waals surface area contributed by atoms with E-state index in [4.69, 9.17) is 4.74 Å². The Bertz CT molecular complexity index is 1330. The van der Waals surface area contributed by atoms with Crippen molar-refractivity contribution in [1.82, 2.24) is 14.3 Å². The van der Waals surface area contributed by atoms with Crippen molar-refractivity contribution in [3.05, 3.63) is 50.7 Å². The first kappa shape index (κ1) is 25.6. The smallest absolute Gasteiger partial charge is 0.416 e. The van der Waals surface area contributed by atoms with E-state index >= 15 is 0 Å². The van der Waals surface area contributed by atoms with Gasteiger partial charge in [-0.2, -0.15) is 23.3 Å². The molecular weight excluding hydrogens is 473 g/mol. The molecule has 0 aliphatic carbocycles. The summed E-state index contributed by atoms with van der Waals surface area (Å²) in [6.45, 7) is 5.04. The molecule has 2 aromatic heterocycles. The lowest BCUT2D eigenvalue weighted by Crippen LogP contribution is -2.28. The molecule has 34 heavy (non-hydrogen) atoms. The molecule has 0 saturated carbocycles. The molecule has 1 amide bonds. The van der Waals surface area contributed by atoms with Gasteiger partial charge in [-0.1, -0.05) is 24.7 Å². The molecule has 184 valence electrons. The third-order valence-corrected chi connectivity index (χ3v) is 5.84. The van der Waals surface area contributed by atoms with E-state index in [2.05, 4.69) is 10.1 Å². The quantitative estimate of drug-likeness (QED) is 0.538. The summed E-state index contributed by atoms with van der Waals surface area (Å²) in [6, 6.07) is 2.51. The summed E-state index contributed by atoms with van der Waals surface area (Å²) in [6.07, 6.45) is -1.69. The molecule has 3 rings (SSSR count). The van der Waals surface area contributed by atoms with Gasteiger partial charge in [-0.25, -0.2) is 4.68 Å². The lowest BCUT2D eigenvalue weighted by molar-refractivity contribution is -0.137. The zero-order valence-corrected chi connectivity index (χ0v) is 20.0. The first-order chi connectivity index (χ1) is 15.8. The third kappa shape index (κ3) is 5.73. The van der Waals surface area contributed by atoms with Crippen LogP contribution >= 0.6 is 11.3 Å². The van der Waals surface area contributed by atoms with E-state index in [1.54, 1.807) is 4.57 Å². The maximum Gasteiger partial charge on any atom is 0.416 e. The highest BCUT2D eigenvalue weighted by Gasteiger charge is 2.32. The summed E-state index contributed by atoms with van der Waals surface area (Å²) in [4.78, 5) is 30.0. The van der Waals surface area contributed by atoms with Gasteiger partial charge in [0.25, 0.3) is 11.5 Å². The number of benzene rings is 1. The SMILES string of the molecule is CCCCn1c(=NC(=O)c2cc(C(F)(F)F)ccc2OCC(C)(C)O)sc2cnn(C)c(=O)c21. The third-order valence-electron chi connectivity index (χ3n) is 4.83. The Morgan fingerprint density at radius 2 is 2.00 bits per heavy atom. The summed E-state index contributed by atoms with van der Waals surface area (Å²) in [5.74, 6) is -1.10. The molecule has 2 heterocycles. The minimum Gasteiger partial charge on any atom is -0.490 e. The fraction of sp³-hybridized carbons (Fsp3) is 0.455. The van der Waals surface area contributed by atoms with Gasteiger partial charge in [0, 0.05) is 13.6 Å². The van der Waals surface area contributed by atoms with E-state index in [0.717, 1.165) is 29.9 Å². The highest BCUT2D eigenvalue weighted by molar-refractivity contribution is 7.16. The van der Waals surface area contributed by atoms with Crippen molar-refractivity contribution in [2.45, 2.75) is 51.9 Å². The van der Waals surface area contributed by atoms with Gasteiger partial charge in [-0.15, -0.1) is 0 Å². The highest BCUT2D eigenvalue weighted by Crippen LogP contribution is 2.33. The number of amides is 1. The predicted molar refractivity (Wildman–Crippen MR) is 121 cm³/mol. The van der Waals surface area contributed by atoms with Crippen LogP contribution < -0.4 is 15.1 Å². The maximum absolute atomic E-state index is 13.3. The second-order valence-electron chi connectivity index (χ2n) is 8.40. The van der Waals surface area contributed by atoms with E-state index in [1.165, 1.54) is 31.8 Å². The van der Waals surface area contributed by atoms with Gasteiger partial charge in [0.05, 0.1) is 27.6 Å². The fourth-order valence-electron chi connectivity index (χ4n) is 3.09. The molecule has 0 saturated heterocycles. The Morgan fingerprint density at radius 1 is 1.29 bits per heavy atom. The van der Waals surface area contributed by atoms with Crippen LogP contribution in [0.2, 0.25) is 0 Å². The average Bonchev–Trinajstić information content (AvgIpc) is 3.09. The zero-order chi connectivity index (χ0) is 25.3. The van der Waals surface area contributed by atoms with Crippen molar-refractivity contribution in [2.24, 2.45) is 12.0 Å². The van der Waals surface area contributed by atoms with E-state index in [-0.39, 0.29) is 22.7 Å². The van der Waals surface area contributed by atoms with Crippen molar-refractivity contribution in [3.8, 4) is 5.75 Å². The number of aromatic nitrogens is 3. The Balaban J connectivity index is 2.18. The van der Waals surface area contributed by atoms with Crippen molar-refractivity contribution >= 4 is 27.5 Å². The van der Waals surface area contributed by atoms with E-state index in [0.29, 0.717) is 29.2 Å². The normalized spacial score (nSPS) is 13.0. The fourth-order valence-corrected chi connectivity index (χ4v) is 4.10. The summed E-state index contributed by atoms with van der Waals surface area (Å²) >= 11 is 1.05. The number of rotatable bonds is 7. The van der Waals surface area contributed by atoms with Crippen LogP contribution in [-0.2, 0) is 19.8 Å². The number of aryl methyl sites for hydroxylation is 2. The molecule has 0 aliphatic heterocycles. The lowest BCUT2D eigenvalue weighted by Gasteiger charge is -2.19. The lowest BCUT2D eigenvalue weighted by atomic mass is 10.1. The summed E-state index contributed by atoms with van der Waals surface area (Å²) in [5, 5.41) is 13.9. The van der Waals surface area contributed by atoms with Crippen LogP contribution in [-0.4, -0.2) is 37.6 Å². The van der Waals surface area contributed by atoms with Crippen LogP contribution in [0.25, 0.3) is 10.2 Å². The molecule has 0 unspecified atom stereocenters. The molecule has 1 aromatic carbocycles. The standard InChI is InChI=1S/C22H25F3N4O4S/c1-5-6-9-29-17-16(11-26-28(4)19(17)31)34-20(29)27-18(30)14-10-13(22(23,24)25)7-8-15(14)33-12-21(2,3)32/h7-8,10-11,32H,5-6,9,12H2,1-4H3. The Hall–Kier alpha value is -2.99. The number of nitrogens with zero attached hydrogens (tertiary/aromatic N) is 4. The van der Waals surface area contributed by atoms with Gasteiger partial charge >= 0.3 is 6.18 Å². The van der Waals surface area contributed by atoms with Gasteiger partial charge in [-0.05, 0) is 38.5 Å². The minimum absolute atomic E-state index is 0.136. The minimum atomic E-state index is -4.68. The predicted octanol–water partition coefficient (Wildman–Crippen LogP) is 3.51. The highest BCUT2D eigenvalue weighted by atomic mass is 32.1. The number of carbonyl (C=O) groups is 1. The Kier molecular flexibility index (Phi) is 7.32.